The van der Waals surface area contributed by atoms with Crippen molar-refractivity contribution in [3.63, 3.8) is 0 Å². The van der Waals surface area contributed by atoms with Crippen LogP contribution >= 0.6 is 0 Å². The van der Waals surface area contributed by atoms with E-state index in [9.17, 15) is 4.79 Å². The number of hydrogen-bond donors (Lipinski definition) is 2. The third-order valence-electron chi connectivity index (χ3n) is 5.06. The number of carbonyl (C=O) groups is 1. The van der Waals surface area contributed by atoms with Gasteiger partial charge < -0.3 is 29.8 Å². The van der Waals surface area contributed by atoms with Crippen molar-refractivity contribution in [3.05, 3.63) is 66.6 Å². The summed E-state index contributed by atoms with van der Waals surface area (Å²) in [5, 5.41) is 3.34. The molecule has 2 aromatic carbocycles. The van der Waals surface area contributed by atoms with Crippen LogP contribution in [0.3, 0.4) is 0 Å². The number of likely N-dealkylation sites (N-methyl/N-ethyl adjacent to an activating group) is 1. The van der Waals surface area contributed by atoms with Crippen molar-refractivity contribution in [1.82, 2.24) is 19.3 Å². The van der Waals surface area contributed by atoms with Gasteiger partial charge in [0.25, 0.3) is 0 Å². The molecule has 9 nitrogen and oxygen atoms in total. The molecular formula is C24H26N6O3. The van der Waals surface area contributed by atoms with Crippen LogP contribution in [-0.4, -0.2) is 59.5 Å². The highest BCUT2D eigenvalue weighted by Gasteiger charge is 2.12. The number of nitrogens with zero attached hydrogens (tertiary/aromatic N) is 4. The highest BCUT2D eigenvalue weighted by atomic mass is 16.5. The predicted octanol–water partition coefficient (Wildman–Crippen LogP) is 3.19. The highest BCUT2D eigenvalue weighted by molar-refractivity contribution is 5.93. The minimum Gasteiger partial charge on any atom is -0.493 e. The van der Waals surface area contributed by atoms with Crippen LogP contribution in [0.2, 0.25) is 0 Å². The van der Waals surface area contributed by atoms with Crippen LogP contribution in [0.1, 0.15) is 10.4 Å². The maximum absolute atomic E-state index is 11.4. The number of rotatable bonds is 9. The number of aromatic nitrogens is 3. The van der Waals surface area contributed by atoms with Crippen LogP contribution < -0.4 is 20.5 Å². The standard InChI is InChI=1S/C24H26N6O3/c1-29(2)12-13-33-20-9-8-18(14-21(20)32-3)27-23-24-26-10-11-30(24)15-19(28-23)16-4-6-17(7-5-16)22(25)31/h4-11,14-15H,12-13H2,1-3H3,(H2,25,31)(H,27,28). The lowest BCUT2D eigenvalue weighted by molar-refractivity contribution is 0.100. The van der Waals surface area contributed by atoms with Gasteiger partial charge in [-0.15, -0.1) is 0 Å². The Morgan fingerprint density at radius 1 is 1.15 bits per heavy atom. The van der Waals surface area contributed by atoms with Gasteiger partial charge in [-0.2, -0.15) is 0 Å². The van der Waals surface area contributed by atoms with E-state index in [1.54, 1.807) is 25.4 Å². The maximum atomic E-state index is 11.4. The van der Waals surface area contributed by atoms with Crippen LogP contribution in [0.5, 0.6) is 11.5 Å². The van der Waals surface area contributed by atoms with E-state index < -0.39 is 5.91 Å². The molecule has 2 aromatic heterocycles. The Balaban J connectivity index is 1.63. The topological polar surface area (TPSA) is 107 Å². The first-order valence-electron chi connectivity index (χ1n) is 10.4. The Morgan fingerprint density at radius 3 is 2.64 bits per heavy atom. The Kier molecular flexibility index (Phi) is 6.41. The van der Waals surface area contributed by atoms with Gasteiger partial charge in [0.1, 0.15) is 6.61 Å². The molecule has 170 valence electrons. The molecule has 0 radical (unpaired) electrons. The van der Waals surface area contributed by atoms with E-state index in [0.29, 0.717) is 35.1 Å². The summed E-state index contributed by atoms with van der Waals surface area (Å²) in [4.78, 5) is 22.6. The molecule has 0 unspecified atom stereocenters. The zero-order valence-electron chi connectivity index (χ0n) is 18.8. The first-order valence-corrected chi connectivity index (χ1v) is 10.4. The quantitative estimate of drug-likeness (QED) is 0.407. The maximum Gasteiger partial charge on any atom is 0.248 e. The lowest BCUT2D eigenvalue weighted by Gasteiger charge is -2.15. The number of methoxy groups -OCH3 is 1. The number of imidazole rings is 1. The van der Waals surface area contributed by atoms with Gasteiger partial charge in [0.05, 0.1) is 12.8 Å². The molecule has 0 spiro atoms. The monoisotopic (exact) mass is 446 g/mol. The normalized spacial score (nSPS) is 11.0. The average Bonchev–Trinajstić information content (AvgIpc) is 3.29. The predicted molar refractivity (Wildman–Crippen MR) is 127 cm³/mol. The van der Waals surface area contributed by atoms with E-state index in [1.807, 2.05) is 61.2 Å². The van der Waals surface area contributed by atoms with E-state index >= 15 is 0 Å². The van der Waals surface area contributed by atoms with Crippen LogP contribution in [-0.2, 0) is 0 Å². The summed E-state index contributed by atoms with van der Waals surface area (Å²) in [6.07, 6.45) is 5.45. The third-order valence-corrected chi connectivity index (χ3v) is 5.06. The van der Waals surface area contributed by atoms with E-state index in [-0.39, 0.29) is 0 Å². The molecule has 0 fully saturated rings. The summed E-state index contributed by atoms with van der Waals surface area (Å²) < 4.78 is 13.3. The first-order chi connectivity index (χ1) is 15.9. The minimum atomic E-state index is -0.468. The van der Waals surface area contributed by atoms with Gasteiger partial charge in [-0.05, 0) is 38.4 Å². The summed E-state index contributed by atoms with van der Waals surface area (Å²) in [5.74, 6) is 1.41. The van der Waals surface area contributed by atoms with Crippen molar-refractivity contribution in [1.29, 1.82) is 0 Å². The molecule has 0 bridgehead atoms. The second kappa shape index (κ2) is 9.58. The zero-order chi connectivity index (χ0) is 23.4. The molecule has 0 aliphatic rings. The van der Waals surface area contributed by atoms with Crippen LogP contribution in [0.4, 0.5) is 11.5 Å². The Bertz CT molecular complexity index is 1270. The number of anilines is 2. The molecule has 0 atom stereocenters. The summed E-state index contributed by atoms with van der Waals surface area (Å²) >= 11 is 0. The van der Waals surface area contributed by atoms with Crippen LogP contribution in [0.25, 0.3) is 16.9 Å². The van der Waals surface area contributed by atoms with Gasteiger partial charge >= 0.3 is 0 Å². The number of nitrogens with two attached hydrogens (primary N) is 1. The molecule has 0 aliphatic heterocycles. The van der Waals surface area contributed by atoms with Crippen molar-refractivity contribution in [3.8, 4) is 22.8 Å². The third kappa shape index (κ3) is 5.04. The number of benzene rings is 2. The number of primary amides is 1. The van der Waals surface area contributed by atoms with Crippen molar-refractivity contribution < 1.29 is 14.3 Å². The number of carbonyl (C=O) groups excluding carboxylic acids is 1. The fraction of sp³-hybridized carbons (Fsp3) is 0.208. The Hall–Kier alpha value is -4.11. The lowest BCUT2D eigenvalue weighted by atomic mass is 10.1. The number of nitrogens with one attached hydrogen (secondary N) is 1. The number of fused-ring (bicyclic) bond motifs is 1. The second-order valence-electron chi connectivity index (χ2n) is 7.72. The largest absolute Gasteiger partial charge is 0.493 e. The van der Waals surface area contributed by atoms with E-state index in [2.05, 4.69) is 15.2 Å². The van der Waals surface area contributed by atoms with Gasteiger partial charge in [0, 0.05) is 48.0 Å². The van der Waals surface area contributed by atoms with Crippen molar-refractivity contribution in [2.45, 2.75) is 0 Å². The molecule has 4 rings (SSSR count). The van der Waals surface area contributed by atoms with Gasteiger partial charge in [-0.1, -0.05) is 12.1 Å². The molecule has 0 aliphatic carbocycles. The van der Waals surface area contributed by atoms with Gasteiger partial charge in [0.15, 0.2) is 23.0 Å². The van der Waals surface area contributed by atoms with E-state index in [0.717, 1.165) is 23.5 Å². The molecule has 3 N–H and O–H groups in total. The molecular weight excluding hydrogens is 420 g/mol. The Labute approximate surface area is 191 Å². The number of amides is 1. The summed E-state index contributed by atoms with van der Waals surface area (Å²) in [7, 11) is 5.60. The second-order valence-corrected chi connectivity index (χ2v) is 7.72. The molecule has 4 aromatic rings. The molecule has 0 saturated heterocycles. The number of ether oxygens (including phenoxy) is 2. The smallest absolute Gasteiger partial charge is 0.248 e. The summed E-state index contributed by atoms with van der Waals surface area (Å²) in [5.41, 5.74) is 8.82. The van der Waals surface area contributed by atoms with E-state index in [1.165, 1.54) is 0 Å². The SMILES string of the molecule is COc1cc(Nc2nc(-c3ccc(C(N)=O)cc3)cn3ccnc23)ccc1OCCN(C)C. The summed E-state index contributed by atoms with van der Waals surface area (Å²) in [6, 6.07) is 12.6. The van der Waals surface area contributed by atoms with E-state index in [4.69, 9.17) is 20.2 Å². The average molecular weight is 447 g/mol. The van der Waals surface area contributed by atoms with Gasteiger partial charge in [-0.25, -0.2) is 9.97 Å². The fourth-order valence-electron chi connectivity index (χ4n) is 3.30. The Morgan fingerprint density at radius 2 is 1.94 bits per heavy atom. The highest BCUT2D eigenvalue weighted by Crippen LogP contribution is 2.32. The molecule has 0 saturated carbocycles. The van der Waals surface area contributed by atoms with Gasteiger partial charge in [-0.3, -0.25) is 4.79 Å². The van der Waals surface area contributed by atoms with Gasteiger partial charge in [0.2, 0.25) is 5.91 Å². The fourth-order valence-corrected chi connectivity index (χ4v) is 3.30. The van der Waals surface area contributed by atoms with Crippen LogP contribution in [0.15, 0.2) is 61.1 Å². The molecule has 1 amide bonds. The minimum absolute atomic E-state index is 0.445. The molecule has 33 heavy (non-hydrogen) atoms. The lowest BCUT2D eigenvalue weighted by Crippen LogP contribution is -2.19. The molecule has 2 heterocycles. The zero-order valence-corrected chi connectivity index (χ0v) is 18.8. The van der Waals surface area contributed by atoms with Crippen molar-refractivity contribution in [2.75, 3.05) is 39.7 Å². The van der Waals surface area contributed by atoms with Crippen LogP contribution in [0, 0.1) is 0 Å². The van der Waals surface area contributed by atoms with Crippen molar-refractivity contribution in [2.24, 2.45) is 5.73 Å². The summed E-state index contributed by atoms with van der Waals surface area (Å²) in [6.45, 7) is 1.36. The molecule has 9 heteroatoms. The first kappa shape index (κ1) is 22.1. The van der Waals surface area contributed by atoms with Crippen molar-refractivity contribution >= 4 is 23.1 Å². The number of hydrogen-bond acceptors (Lipinski definition) is 7.